The van der Waals surface area contributed by atoms with Crippen molar-refractivity contribution in [2.24, 2.45) is 0 Å². The largest absolute Gasteiger partial charge is 0.389 e. The van der Waals surface area contributed by atoms with Crippen LogP contribution in [0.25, 0.3) is 11.3 Å². The normalized spacial score (nSPS) is 15.2. The number of allylic oxidation sites excluding steroid dienone is 1. The van der Waals surface area contributed by atoms with Crippen molar-refractivity contribution < 1.29 is 0 Å². The summed E-state index contributed by atoms with van der Waals surface area (Å²) < 4.78 is 1.96. The molecule has 0 saturated carbocycles. The monoisotopic (exact) mass is 586 g/mol. The SMILES string of the molecule is C=C(Nc1ccc(CN2CCC(N(C)C)C2)cc1)c1ccc(C)c(C#Cc2cnc3c(N/C(C=N)=C/NCC)cccn23)c1. The number of hydrogen-bond acceptors (Lipinski definition) is 7. The molecular weight excluding hydrogens is 544 g/mol. The number of likely N-dealkylation sites (tertiary alicyclic amines) is 1. The maximum absolute atomic E-state index is 7.70. The van der Waals surface area contributed by atoms with Gasteiger partial charge in [-0.2, -0.15) is 0 Å². The molecule has 1 atom stereocenters. The van der Waals surface area contributed by atoms with Crippen LogP contribution in [-0.2, 0) is 6.54 Å². The molecule has 2 aromatic heterocycles. The molecule has 0 amide bonds. The zero-order valence-corrected chi connectivity index (χ0v) is 26.1. The Morgan fingerprint density at radius 2 is 1.95 bits per heavy atom. The van der Waals surface area contributed by atoms with Gasteiger partial charge in [0.15, 0.2) is 5.65 Å². The summed E-state index contributed by atoms with van der Waals surface area (Å²) >= 11 is 0. The van der Waals surface area contributed by atoms with E-state index in [0.29, 0.717) is 11.7 Å². The van der Waals surface area contributed by atoms with Gasteiger partial charge in [-0.25, -0.2) is 4.98 Å². The second kappa shape index (κ2) is 14.1. The van der Waals surface area contributed by atoms with Crippen LogP contribution in [0.3, 0.4) is 0 Å². The third kappa shape index (κ3) is 7.38. The molecule has 0 bridgehead atoms. The molecule has 8 nitrogen and oxygen atoms in total. The number of hydrogen-bond donors (Lipinski definition) is 4. The first-order valence-electron chi connectivity index (χ1n) is 15.1. The Labute approximate surface area is 261 Å². The predicted molar refractivity (Wildman–Crippen MR) is 183 cm³/mol. The number of rotatable bonds is 11. The van der Waals surface area contributed by atoms with Gasteiger partial charge < -0.3 is 26.3 Å². The van der Waals surface area contributed by atoms with Gasteiger partial charge in [0.25, 0.3) is 0 Å². The molecule has 4 N–H and O–H groups in total. The van der Waals surface area contributed by atoms with Gasteiger partial charge in [-0.05, 0) is 87.3 Å². The minimum atomic E-state index is 0.646. The zero-order chi connectivity index (χ0) is 31.1. The van der Waals surface area contributed by atoms with E-state index >= 15 is 0 Å². The van der Waals surface area contributed by atoms with E-state index in [1.54, 1.807) is 12.4 Å². The molecule has 1 saturated heterocycles. The van der Waals surface area contributed by atoms with Gasteiger partial charge in [0.1, 0.15) is 5.69 Å². The predicted octanol–water partition coefficient (Wildman–Crippen LogP) is 5.77. The van der Waals surface area contributed by atoms with Crippen LogP contribution in [0.2, 0.25) is 0 Å². The van der Waals surface area contributed by atoms with Gasteiger partial charge in [-0.15, -0.1) is 0 Å². The van der Waals surface area contributed by atoms with Gasteiger partial charge in [-0.3, -0.25) is 9.30 Å². The minimum absolute atomic E-state index is 0.646. The van der Waals surface area contributed by atoms with Crippen molar-refractivity contribution in [1.29, 1.82) is 5.41 Å². The fraction of sp³-hybridized carbons (Fsp3) is 0.278. The first-order chi connectivity index (χ1) is 21.3. The lowest BCUT2D eigenvalue weighted by Crippen LogP contribution is -2.31. The average Bonchev–Trinajstić information content (AvgIpc) is 3.67. The number of aryl methyl sites for hydroxylation is 1. The van der Waals surface area contributed by atoms with Crippen molar-refractivity contribution in [1.82, 2.24) is 24.5 Å². The average molecular weight is 587 g/mol. The number of aromatic nitrogens is 2. The highest BCUT2D eigenvalue weighted by molar-refractivity contribution is 5.84. The standard InChI is InChI=1S/C36H42N8/c1-6-38-22-32(21-37)41-35-8-7-18-44-33(23-39-36(35)44)16-13-29-20-30(12-9-26(29)2)27(3)40-31-14-10-28(11-15-31)24-43-19-17-34(25-43)42(4)5/h7-12,14-15,18,20-23,34,37-38,40-41H,3,6,17,19,24-25H2,1-2,4-5H3/b32-22+,37-21?. The summed E-state index contributed by atoms with van der Waals surface area (Å²) in [5.74, 6) is 6.66. The third-order valence-corrected chi connectivity index (χ3v) is 7.98. The Balaban J connectivity index is 1.27. The van der Waals surface area contributed by atoms with E-state index in [1.165, 1.54) is 18.2 Å². The summed E-state index contributed by atoms with van der Waals surface area (Å²) in [5.41, 5.74) is 9.16. The number of anilines is 2. The van der Waals surface area contributed by atoms with E-state index < -0.39 is 0 Å². The summed E-state index contributed by atoms with van der Waals surface area (Å²) in [6.45, 7) is 12.4. The van der Waals surface area contributed by atoms with E-state index in [0.717, 1.165) is 71.3 Å². The van der Waals surface area contributed by atoms with Gasteiger partial charge in [0.05, 0.1) is 17.6 Å². The molecule has 0 radical (unpaired) electrons. The highest BCUT2D eigenvalue weighted by atomic mass is 15.2. The van der Waals surface area contributed by atoms with Crippen molar-refractivity contribution >= 4 is 28.9 Å². The molecule has 1 unspecified atom stereocenters. The quantitative estimate of drug-likeness (QED) is 0.132. The second-order valence-corrected chi connectivity index (χ2v) is 11.4. The molecule has 0 aliphatic carbocycles. The molecule has 5 rings (SSSR count). The van der Waals surface area contributed by atoms with Crippen LogP contribution in [0, 0.1) is 24.2 Å². The summed E-state index contributed by atoms with van der Waals surface area (Å²) in [5, 5.41) is 17.6. The van der Waals surface area contributed by atoms with E-state index in [1.807, 2.05) is 29.7 Å². The number of imidazole rings is 1. The molecule has 1 aliphatic heterocycles. The zero-order valence-electron chi connectivity index (χ0n) is 26.1. The molecule has 1 fully saturated rings. The fourth-order valence-corrected chi connectivity index (χ4v) is 5.33. The number of benzene rings is 2. The maximum Gasteiger partial charge on any atom is 0.161 e. The van der Waals surface area contributed by atoms with E-state index in [2.05, 4.69) is 113 Å². The molecule has 1 aliphatic rings. The lowest BCUT2D eigenvalue weighted by Gasteiger charge is -2.20. The first-order valence-corrected chi connectivity index (χ1v) is 15.1. The third-order valence-electron chi connectivity index (χ3n) is 7.98. The lowest BCUT2D eigenvalue weighted by atomic mass is 10.0. The van der Waals surface area contributed by atoms with E-state index in [4.69, 9.17) is 5.41 Å². The van der Waals surface area contributed by atoms with Crippen molar-refractivity contribution in [3.05, 3.63) is 113 Å². The Morgan fingerprint density at radius 1 is 1.14 bits per heavy atom. The number of likely N-dealkylation sites (N-methyl/N-ethyl adjacent to an activating group) is 1. The van der Waals surface area contributed by atoms with E-state index in [-0.39, 0.29) is 0 Å². The molecule has 8 heteroatoms. The van der Waals surface area contributed by atoms with Crippen molar-refractivity contribution in [3.8, 4) is 11.8 Å². The Kier molecular flexibility index (Phi) is 9.80. The van der Waals surface area contributed by atoms with Crippen LogP contribution in [0.4, 0.5) is 11.4 Å². The Hall–Kier alpha value is -4.84. The maximum atomic E-state index is 7.70. The van der Waals surface area contributed by atoms with Gasteiger partial charge in [0.2, 0.25) is 0 Å². The molecule has 4 aromatic rings. The second-order valence-electron chi connectivity index (χ2n) is 11.4. The van der Waals surface area contributed by atoms with Crippen LogP contribution in [0.15, 0.2) is 85.5 Å². The molecule has 3 heterocycles. The lowest BCUT2D eigenvalue weighted by molar-refractivity contribution is 0.264. The van der Waals surface area contributed by atoms with Crippen LogP contribution >= 0.6 is 0 Å². The topological polar surface area (TPSA) is 83.7 Å². The molecule has 44 heavy (non-hydrogen) atoms. The van der Waals surface area contributed by atoms with Crippen LogP contribution in [0.5, 0.6) is 0 Å². The summed E-state index contributed by atoms with van der Waals surface area (Å²) in [6.07, 6.45) is 8.01. The molecular formula is C36H42N8. The van der Waals surface area contributed by atoms with Gasteiger partial charge >= 0.3 is 0 Å². The van der Waals surface area contributed by atoms with Crippen molar-refractivity contribution in [3.63, 3.8) is 0 Å². The highest BCUT2D eigenvalue weighted by Crippen LogP contribution is 2.23. The molecule has 0 spiro atoms. The number of nitrogens with one attached hydrogen (secondary N) is 4. The summed E-state index contributed by atoms with van der Waals surface area (Å²) in [7, 11) is 4.34. The number of pyridine rings is 1. The van der Waals surface area contributed by atoms with Crippen LogP contribution in [0.1, 0.15) is 41.3 Å². The van der Waals surface area contributed by atoms with Gasteiger partial charge in [0, 0.05) is 67.8 Å². The number of nitrogens with zero attached hydrogens (tertiary/aromatic N) is 4. The van der Waals surface area contributed by atoms with Crippen LogP contribution < -0.4 is 16.0 Å². The Morgan fingerprint density at radius 3 is 2.68 bits per heavy atom. The van der Waals surface area contributed by atoms with Gasteiger partial charge in [-0.1, -0.05) is 36.8 Å². The summed E-state index contributed by atoms with van der Waals surface area (Å²) in [4.78, 5) is 9.46. The molecule has 226 valence electrons. The molecule has 2 aromatic carbocycles. The number of fused-ring (bicyclic) bond motifs is 1. The Bertz CT molecular complexity index is 1720. The highest BCUT2D eigenvalue weighted by Gasteiger charge is 2.23. The fourth-order valence-electron chi connectivity index (χ4n) is 5.33. The first kappa shape index (κ1) is 30.6. The van der Waals surface area contributed by atoms with Crippen molar-refractivity contribution in [2.45, 2.75) is 32.9 Å². The van der Waals surface area contributed by atoms with Crippen LogP contribution in [-0.4, -0.2) is 65.2 Å². The minimum Gasteiger partial charge on any atom is -0.389 e. The summed E-state index contributed by atoms with van der Waals surface area (Å²) in [6, 6.07) is 19.4. The van der Waals surface area contributed by atoms with Crippen molar-refractivity contribution in [2.75, 3.05) is 44.4 Å². The smallest absolute Gasteiger partial charge is 0.161 e. The van der Waals surface area contributed by atoms with E-state index in [9.17, 15) is 0 Å².